The van der Waals surface area contributed by atoms with Crippen molar-refractivity contribution in [3.63, 3.8) is 0 Å². The van der Waals surface area contributed by atoms with Crippen molar-refractivity contribution in [2.24, 2.45) is 5.92 Å². The third-order valence-electron chi connectivity index (χ3n) is 5.46. The van der Waals surface area contributed by atoms with Gasteiger partial charge in [0.15, 0.2) is 0 Å². The molecule has 5 atom stereocenters. The number of hydrogen-bond acceptors (Lipinski definition) is 4. The standard InChI is InChI=1S/C20H22F2NO3P/c21-20(22,27)12-4-7-17-16(9-12)19-15(6-5-14(10-24)26-19)18(23-17)11-2-1-3-13(25)8-11/h1-4,7-9,14-15,18-19,23-25H,5-6,10,27H2/t14?,15?,18-,19?/m0/s1. The van der Waals surface area contributed by atoms with E-state index in [4.69, 9.17) is 4.74 Å². The minimum atomic E-state index is -3.02. The predicted molar refractivity (Wildman–Crippen MR) is 102 cm³/mol. The van der Waals surface area contributed by atoms with E-state index in [2.05, 4.69) is 5.32 Å². The molecule has 0 saturated carbocycles. The van der Waals surface area contributed by atoms with Gasteiger partial charge in [-0.25, -0.2) is 0 Å². The molecule has 144 valence electrons. The molecule has 2 aromatic rings. The van der Waals surface area contributed by atoms with Crippen LogP contribution in [0.3, 0.4) is 0 Å². The molecule has 2 heterocycles. The van der Waals surface area contributed by atoms with Crippen LogP contribution in [0.15, 0.2) is 42.5 Å². The van der Waals surface area contributed by atoms with Gasteiger partial charge in [-0.15, -0.1) is 0 Å². The first-order valence-electron chi connectivity index (χ1n) is 8.99. The zero-order valence-electron chi connectivity index (χ0n) is 14.6. The van der Waals surface area contributed by atoms with Gasteiger partial charge in [-0.05, 0) is 42.7 Å². The average Bonchev–Trinajstić information content (AvgIpc) is 2.65. The number of benzene rings is 2. The lowest BCUT2D eigenvalue weighted by Crippen LogP contribution is -2.40. The monoisotopic (exact) mass is 393 g/mol. The van der Waals surface area contributed by atoms with Crippen molar-refractivity contribution < 1.29 is 23.7 Å². The van der Waals surface area contributed by atoms with Crippen molar-refractivity contribution in [3.05, 3.63) is 59.2 Å². The molecule has 4 rings (SSSR count). The summed E-state index contributed by atoms with van der Waals surface area (Å²) in [6.07, 6.45) is 0.780. The summed E-state index contributed by atoms with van der Waals surface area (Å²) in [6.45, 7) is -0.0950. The minimum Gasteiger partial charge on any atom is -0.508 e. The Bertz CT molecular complexity index is 842. The Morgan fingerprint density at radius 3 is 2.70 bits per heavy atom. The number of ether oxygens (including phenoxy) is 1. The molecule has 0 aromatic heterocycles. The highest BCUT2D eigenvalue weighted by atomic mass is 31.0. The zero-order chi connectivity index (χ0) is 19.2. The molecule has 27 heavy (non-hydrogen) atoms. The van der Waals surface area contributed by atoms with Gasteiger partial charge in [-0.3, -0.25) is 0 Å². The van der Waals surface area contributed by atoms with Crippen LogP contribution in [0.4, 0.5) is 14.5 Å². The number of nitrogens with one attached hydrogen (secondary N) is 1. The highest BCUT2D eigenvalue weighted by Gasteiger charge is 2.43. The van der Waals surface area contributed by atoms with E-state index in [9.17, 15) is 19.0 Å². The van der Waals surface area contributed by atoms with E-state index >= 15 is 0 Å². The molecule has 1 fully saturated rings. The van der Waals surface area contributed by atoms with Crippen LogP contribution in [-0.4, -0.2) is 22.9 Å². The summed E-state index contributed by atoms with van der Waals surface area (Å²) in [5.74, 6) is 0.190. The van der Waals surface area contributed by atoms with Crippen molar-refractivity contribution in [2.75, 3.05) is 11.9 Å². The van der Waals surface area contributed by atoms with Crippen LogP contribution in [0.25, 0.3) is 0 Å². The number of fused-ring (bicyclic) bond motifs is 3. The highest BCUT2D eigenvalue weighted by Crippen LogP contribution is 2.51. The number of aliphatic hydroxyl groups excluding tert-OH is 1. The maximum absolute atomic E-state index is 13.8. The Labute approximate surface area is 158 Å². The van der Waals surface area contributed by atoms with Gasteiger partial charge < -0.3 is 20.3 Å². The predicted octanol–water partition coefficient (Wildman–Crippen LogP) is 4.31. The summed E-state index contributed by atoms with van der Waals surface area (Å²) in [4.78, 5) is 0. The lowest BCUT2D eigenvalue weighted by atomic mass is 9.76. The molecule has 3 N–H and O–H groups in total. The van der Waals surface area contributed by atoms with Crippen LogP contribution in [0, 0.1) is 5.92 Å². The van der Waals surface area contributed by atoms with Crippen LogP contribution in [0.2, 0.25) is 0 Å². The van der Waals surface area contributed by atoms with Crippen molar-refractivity contribution in [1.29, 1.82) is 0 Å². The summed E-state index contributed by atoms with van der Waals surface area (Å²) < 4.78 is 33.7. The summed E-state index contributed by atoms with van der Waals surface area (Å²) in [6, 6.07) is 11.5. The van der Waals surface area contributed by atoms with Crippen molar-refractivity contribution in [2.45, 2.75) is 36.8 Å². The third kappa shape index (κ3) is 3.54. The first kappa shape index (κ1) is 18.6. The van der Waals surface area contributed by atoms with E-state index < -0.39 is 11.8 Å². The quantitative estimate of drug-likeness (QED) is 0.680. The second kappa shape index (κ2) is 7.01. The fourth-order valence-corrected chi connectivity index (χ4v) is 4.33. The van der Waals surface area contributed by atoms with Gasteiger partial charge in [0.2, 0.25) is 0 Å². The molecule has 2 aliphatic rings. The average molecular weight is 393 g/mol. The topological polar surface area (TPSA) is 61.7 Å². The van der Waals surface area contributed by atoms with Crippen LogP contribution in [0.5, 0.6) is 5.75 Å². The summed E-state index contributed by atoms with van der Waals surface area (Å²) in [7, 11) is 1.57. The van der Waals surface area contributed by atoms with E-state index in [0.717, 1.165) is 17.7 Å². The van der Waals surface area contributed by atoms with Crippen molar-refractivity contribution in [3.8, 4) is 5.75 Å². The van der Waals surface area contributed by atoms with Gasteiger partial charge in [0.1, 0.15) is 5.75 Å². The lowest BCUT2D eigenvalue weighted by molar-refractivity contribution is -0.110. The number of phenolic OH excluding ortho intramolecular Hbond substituents is 1. The first-order chi connectivity index (χ1) is 12.9. The summed E-state index contributed by atoms with van der Waals surface area (Å²) >= 11 is 0. The van der Waals surface area contributed by atoms with Crippen molar-refractivity contribution in [1.82, 2.24) is 0 Å². The van der Waals surface area contributed by atoms with Gasteiger partial charge in [-0.2, -0.15) is 8.78 Å². The number of aromatic hydroxyl groups is 1. The van der Waals surface area contributed by atoms with Crippen LogP contribution >= 0.6 is 9.24 Å². The van der Waals surface area contributed by atoms with Gasteiger partial charge in [0, 0.05) is 22.7 Å². The van der Waals surface area contributed by atoms with Gasteiger partial charge >= 0.3 is 0 Å². The molecule has 4 nitrogen and oxygen atoms in total. The summed E-state index contributed by atoms with van der Waals surface area (Å²) in [5, 5.41) is 22.8. The van der Waals surface area contributed by atoms with Crippen LogP contribution < -0.4 is 5.32 Å². The Kier molecular flexibility index (Phi) is 4.83. The van der Waals surface area contributed by atoms with E-state index in [1.54, 1.807) is 33.5 Å². The third-order valence-corrected chi connectivity index (χ3v) is 5.80. The smallest absolute Gasteiger partial charge is 0.283 e. The molecule has 1 saturated heterocycles. The maximum Gasteiger partial charge on any atom is 0.283 e. The minimum absolute atomic E-state index is 0.00971. The number of aliphatic hydroxyl groups is 1. The number of hydrogen-bond donors (Lipinski definition) is 3. The Balaban J connectivity index is 1.78. The number of alkyl halides is 2. The molecular weight excluding hydrogens is 371 g/mol. The van der Waals surface area contributed by atoms with Gasteiger partial charge in [-0.1, -0.05) is 27.4 Å². The second-order valence-electron chi connectivity index (χ2n) is 7.24. The molecule has 4 unspecified atom stereocenters. The number of halogens is 2. The molecule has 0 aliphatic carbocycles. The van der Waals surface area contributed by atoms with E-state index in [1.807, 2.05) is 6.07 Å². The molecule has 2 aliphatic heterocycles. The lowest BCUT2D eigenvalue weighted by Gasteiger charge is -2.45. The zero-order valence-corrected chi connectivity index (χ0v) is 15.8. The molecule has 0 bridgehead atoms. The maximum atomic E-state index is 13.8. The second-order valence-corrected chi connectivity index (χ2v) is 7.97. The Morgan fingerprint density at radius 2 is 2.00 bits per heavy atom. The Hall–Kier alpha value is -1.75. The van der Waals surface area contributed by atoms with E-state index in [1.165, 1.54) is 12.1 Å². The SMILES string of the molecule is OCC1CCC2C(O1)c1cc(C(F)(F)P)ccc1N[C@H]2c1cccc(O)c1. The van der Waals surface area contributed by atoms with Crippen LogP contribution in [-0.2, 0) is 10.4 Å². The number of phenols is 1. The van der Waals surface area contributed by atoms with Gasteiger partial charge in [0.05, 0.1) is 24.9 Å². The molecule has 0 amide bonds. The molecule has 0 radical (unpaired) electrons. The van der Waals surface area contributed by atoms with Gasteiger partial charge in [0.25, 0.3) is 5.66 Å². The largest absolute Gasteiger partial charge is 0.508 e. The molecule has 7 heteroatoms. The molecule has 0 spiro atoms. The number of anilines is 1. The fraction of sp³-hybridized carbons (Fsp3) is 0.400. The normalized spacial score (nSPS) is 27.4. The van der Waals surface area contributed by atoms with E-state index in [0.29, 0.717) is 12.0 Å². The molecule has 2 aromatic carbocycles. The number of rotatable bonds is 3. The Morgan fingerprint density at radius 1 is 1.19 bits per heavy atom. The van der Waals surface area contributed by atoms with Crippen LogP contribution in [0.1, 0.15) is 41.7 Å². The first-order valence-corrected chi connectivity index (χ1v) is 9.57. The highest BCUT2D eigenvalue weighted by molar-refractivity contribution is 7.17. The molecular formula is C20H22F2NO3P. The van der Waals surface area contributed by atoms with Crippen molar-refractivity contribution >= 4 is 14.9 Å². The summed E-state index contributed by atoms with van der Waals surface area (Å²) in [5.41, 5.74) is -0.757. The fourth-order valence-electron chi connectivity index (χ4n) is 4.15. The van der Waals surface area contributed by atoms with E-state index in [-0.39, 0.29) is 36.0 Å².